The van der Waals surface area contributed by atoms with Gasteiger partial charge in [0.25, 0.3) is 0 Å². The van der Waals surface area contributed by atoms with E-state index in [2.05, 4.69) is 53.8 Å². The molecule has 0 spiro atoms. The van der Waals surface area contributed by atoms with Crippen molar-refractivity contribution in [3.8, 4) is 11.1 Å². The van der Waals surface area contributed by atoms with Gasteiger partial charge in [0.15, 0.2) is 0 Å². The molecule has 100 valence electrons. The molecular formula is C17H21NO. The van der Waals surface area contributed by atoms with Crippen LogP contribution in [0.5, 0.6) is 0 Å². The van der Waals surface area contributed by atoms with Crippen LogP contribution >= 0.6 is 0 Å². The normalized spacial score (nSPS) is 12.3. The van der Waals surface area contributed by atoms with E-state index in [1.807, 2.05) is 13.1 Å². The van der Waals surface area contributed by atoms with E-state index >= 15 is 0 Å². The highest BCUT2D eigenvalue weighted by Gasteiger charge is 2.10. The Morgan fingerprint density at radius 3 is 2.16 bits per heavy atom. The largest absolute Gasteiger partial charge is 0.384 e. The summed E-state index contributed by atoms with van der Waals surface area (Å²) in [5.41, 5.74) is 3.83. The number of hydrogen-bond donors (Lipinski definition) is 1. The predicted molar refractivity (Wildman–Crippen MR) is 80.4 cm³/mol. The maximum Gasteiger partial charge on any atom is 0.0543 e. The Balaban J connectivity index is 2.17. The second kappa shape index (κ2) is 7.07. The maximum absolute atomic E-state index is 5.29. The second-order valence-corrected chi connectivity index (χ2v) is 4.70. The van der Waals surface area contributed by atoms with Gasteiger partial charge in [0, 0.05) is 19.6 Å². The number of likely N-dealkylation sites (N-methyl/N-ethyl adjacent to an activating group) is 1. The molecule has 2 aromatic rings. The lowest BCUT2D eigenvalue weighted by atomic mass is 9.96. The summed E-state index contributed by atoms with van der Waals surface area (Å²) < 4.78 is 5.29. The molecule has 2 nitrogen and oxygen atoms in total. The lowest BCUT2D eigenvalue weighted by Gasteiger charge is -2.16. The Morgan fingerprint density at radius 2 is 1.58 bits per heavy atom. The van der Waals surface area contributed by atoms with Crippen molar-refractivity contribution >= 4 is 0 Å². The number of benzene rings is 2. The first-order valence-electron chi connectivity index (χ1n) is 6.64. The van der Waals surface area contributed by atoms with Crippen LogP contribution in [0.25, 0.3) is 11.1 Å². The average Bonchev–Trinajstić information content (AvgIpc) is 2.48. The zero-order valence-electron chi connectivity index (χ0n) is 11.6. The molecule has 2 aromatic carbocycles. The molecule has 0 fully saturated rings. The minimum atomic E-state index is 0.403. The third-order valence-electron chi connectivity index (χ3n) is 3.31. The van der Waals surface area contributed by atoms with E-state index < -0.39 is 0 Å². The molecule has 0 aliphatic carbocycles. The van der Waals surface area contributed by atoms with Crippen molar-refractivity contribution in [2.24, 2.45) is 0 Å². The molecule has 2 heteroatoms. The summed E-state index contributed by atoms with van der Waals surface area (Å²) in [6, 6.07) is 19.2. The molecule has 1 unspecified atom stereocenters. The van der Waals surface area contributed by atoms with Crippen LogP contribution in [0.3, 0.4) is 0 Å². The van der Waals surface area contributed by atoms with Crippen molar-refractivity contribution in [3.63, 3.8) is 0 Å². The average molecular weight is 255 g/mol. The fraction of sp³-hybridized carbons (Fsp3) is 0.294. The SMILES string of the molecule is CNCC(COC)c1ccc(-c2ccccc2)cc1. The minimum absolute atomic E-state index is 0.403. The molecule has 2 rings (SSSR count). The zero-order chi connectivity index (χ0) is 13.5. The van der Waals surface area contributed by atoms with Crippen molar-refractivity contribution in [1.82, 2.24) is 5.32 Å². The van der Waals surface area contributed by atoms with Crippen molar-refractivity contribution in [2.45, 2.75) is 5.92 Å². The van der Waals surface area contributed by atoms with Gasteiger partial charge in [-0.3, -0.25) is 0 Å². The van der Waals surface area contributed by atoms with Gasteiger partial charge in [-0.25, -0.2) is 0 Å². The van der Waals surface area contributed by atoms with Crippen LogP contribution in [0.1, 0.15) is 11.5 Å². The Bertz CT molecular complexity index is 472. The van der Waals surface area contributed by atoms with Crippen LogP contribution in [0.4, 0.5) is 0 Å². The molecule has 0 saturated heterocycles. The van der Waals surface area contributed by atoms with E-state index in [0.29, 0.717) is 5.92 Å². The van der Waals surface area contributed by atoms with E-state index in [1.54, 1.807) is 7.11 Å². The molecule has 0 bridgehead atoms. The first-order valence-corrected chi connectivity index (χ1v) is 6.64. The van der Waals surface area contributed by atoms with Gasteiger partial charge in [-0.1, -0.05) is 54.6 Å². The van der Waals surface area contributed by atoms with Gasteiger partial charge >= 0.3 is 0 Å². The summed E-state index contributed by atoms with van der Waals surface area (Å²) in [4.78, 5) is 0. The molecule has 0 aliphatic heterocycles. The number of nitrogens with one attached hydrogen (secondary N) is 1. The van der Waals surface area contributed by atoms with Gasteiger partial charge in [-0.2, -0.15) is 0 Å². The van der Waals surface area contributed by atoms with Crippen LogP contribution < -0.4 is 5.32 Å². The van der Waals surface area contributed by atoms with Gasteiger partial charge in [-0.05, 0) is 23.7 Å². The van der Waals surface area contributed by atoms with Crippen LogP contribution in [-0.4, -0.2) is 27.3 Å². The monoisotopic (exact) mass is 255 g/mol. The molecular weight excluding hydrogens is 234 g/mol. The van der Waals surface area contributed by atoms with Crippen LogP contribution in [0, 0.1) is 0 Å². The smallest absolute Gasteiger partial charge is 0.0543 e. The Hall–Kier alpha value is -1.64. The Kier molecular flexibility index (Phi) is 5.13. The first kappa shape index (κ1) is 13.8. The highest BCUT2D eigenvalue weighted by Crippen LogP contribution is 2.22. The van der Waals surface area contributed by atoms with Gasteiger partial charge in [0.1, 0.15) is 0 Å². The summed E-state index contributed by atoms with van der Waals surface area (Å²) in [5, 5.41) is 3.22. The van der Waals surface area contributed by atoms with Crippen LogP contribution in [0.2, 0.25) is 0 Å². The Morgan fingerprint density at radius 1 is 0.947 bits per heavy atom. The number of rotatable bonds is 6. The first-order chi connectivity index (χ1) is 9.35. The van der Waals surface area contributed by atoms with Gasteiger partial charge in [-0.15, -0.1) is 0 Å². The van der Waals surface area contributed by atoms with E-state index in [9.17, 15) is 0 Å². The maximum atomic E-state index is 5.29. The summed E-state index contributed by atoms with van der Waals surface area (Å²) in [7, 11) is 3.72. The van der Waals surface area contributed by atoms with Crippen molar-refractivity contribution < 1.29 is 4.74 Å². The number of ether oxygens (including phenoxy) is 1. The summed E-state index contributed by atoms with van der Waals surface area (Å²) >= 11 is 0. The summed E-state index contributed by atoms with van der Waals surface area (Å²) in [6.45, 7) is 1.67. The minimum Gasteiger partial charge on any atom is -0.384 e. The molecule has 1 atom stereocenters. The fourth-order valence-electron chi connectivity index (χ4n) is 2.30. The molecule has 0 aliphatic rings. The quantitative estimate of drug-likeness (QED) is 0.855. The number of methoxy groups -OCH3 is 1. The highest BCUT2D eigenvalue weighted by molar-refractivity contribution is 5.63. The van der Waals surface area contributed by atoms with Gasteiger partial charge < -0.3 is 10.1 Å². The summed E-state index contributed by atoms with van der Waals surface area (Å²) in [6.07, 6.45) is 0. The molecule has 0 heterocycles. The fourth-order valence-corrected chi connectivity index (χ4v) is 2.30. The van der Waals surface area contributed by atoms with E-state index in [-0.39, 0.29) is 0 Å². The molecule has 0 radical (unpaired) electrons. The van der Waals surface area contributed by atoms with E-state index in [1.165, 1.54) is 16.7 Å². The lowest BCUT2D eigenvalue weighted by Crippen LogP contribution is -2.20. The lowest BCUT2D eigenvalue weighted by molar-refractivity contribution is 0.178. The van der Waals surface area contributed by atoms with E-state index in [4.69, 9.17) is 4.74 Å². The molecule has 19 heavy (non-hydrogen) atoms. The standard InChI is InChI=1S/C17H21NO/c1-18-12-17(13-19-2)16-10-8-15(9-11-16)14-6-4-3-5-7-14/h3-11,17-18H,12-13H2,1-2H3. The topological polar surface area (TPSA) is 21.3 Å². The third kappa shape index (κ3) is 3.66. The van der Waals surface area contributed by atoms with Gasteiger partial charge in [0.05, 0.1) is 6.61 Å². The van der Waals surface area contributed by atoms with Gasteiger partial charge in [0.2, 0.25) is 0 Å². The third-order valence-corrected chi connectivity index (χ3v) is 3.31. The molecule has 0 amide bonds. The molecule has 1 N–H and O–H groups in total. The van der Waals surface area contributed by atoms with Crippen molar-refractivity contribution in [3.05, 3.63) is 60.2 Å². The van der Waals surface area contributed by atoms with Crippen molar-refractivity contribution in [2.75, 3.05) is 27.3 Å². The molecule has 0 saturated carbocycles. The molecule has 0 aromatic heterocycles. The second-order valence-electron chi connectivity index (χ2n) is 4.70. The Labute approximate surface area is 115 Å². The summed E-state index contributed by atoms with van der Waals surface area (Å²) in [5.74, 6) is 0.403. The van der Waals surface area contributed by atoms with Crippen molar-refractivity contribution in [1.29, 1.82) is 0 Å². The van der Waals surface area contributed by atoms with Crippen LogP contribution in [0.15, 0.2) is 54.6 Å². The highest BCUT2D eigenvalue weighted by atomic mass is 16.5. The van der Waals surface area contributed by atoms with Crippen LogP contribution in [-0.2, 0) is 4.74 Å². The van der Waals surface area contributed by atoms with E-state index in [0.717, 1.165) is 13.2 Å². The predicted octanol–water partition coefficient (Wildman–Crippen LogP) is 3.30. The zero-order valence-corrected chi connectivity index (χ0v) is 11.6. The number of hydrogen-bond acceptors (Lipinski definition) is 2.